The highest BCUT2D eigenvalue weighted by Crippen LogP contribution is 2.39. The Morgan fingerprint density at radius 3 is 2.15 bits per heavy atom. The van der Waals surface area contributed by atoms with Crippen LogP contribution in [0.5, 0.6) is 0 Å². The van der Waals surface area contributed by atoms with Crippen molar-refractivity contribution in [2.45, 2.75) is 82.2 Å². The minimum absolute atomic E-state index is 0.0188. The molecule has 0 radical (unpaired) electrons. The lowest BCUT2D eigenvalue weighted by molar-refractivity contribution is -0.253. The van der Waals surface area contributed by atoms with Crippen molar-refractivity contribution >= 4 is 23.5 Å². The normalized spacial score (nSPS) is 21.5. The number of hydrogen-bond acceptors (Lipinski definition) is 7. The number of likely N-dealkylation sites (tertiary alicyclic amines) is 1. The van der Waals surface area contributed by atoms with Crippen molar-refractivity contribution < 1.29 is 34.4 Å². The predicted molar refractivity (Wildman–Crippen MR) is 174 cm³/mol. The van der Waals surface area contributed by atoms with Crippen LogP contribution < -0.4 is 5.32 Å². The van der Waals surface area contributed by atoms with Crippen LogP contribution in [0.1, 0.15) is 85.2 Å². The number of carbonyl (C=O) groups excluding carboxylic acids is 1. The number of amides is 1. The van der Waals surface area contributed by atoms with Gasteiger partial charge >= 0.3 is 5.97 Å². The van der Waals surface area contributed by atoms with E-state index in [1.165, 1.54) is 0 Å². The maximum atomic E-state index is 12.2. The van der Waals surface area contributed by atoms with E-state index in [1.807, 2.05) is 72.8 Å². The molecule has 0 aliphatic carbocycles. The van der Waals surface area contributed by atoms with Crippen LogP contribution >= 0.6 is 11.6 Å². The molecule has 4 N–H and O–H groups in total. The zero-order valence-electron chi connectivity index (χ0n) is 25.9. The number of aliphatic carboxylic acids is 1. The molecule has 3 unspecified atom stereocenters. The Hall–Kier alpha value is -3.31. The number of halogens is 1. The number of nitrogens with zero attached hydrogens (tertiary/aromatic N) is 1. The number of carboxylic acid groups (broad SMARTS) is 1. The number of benzene rings is 3. The summed E-state index contributed by atoms with van der Waals surface area (Å²) in [4.78, 5) is 25.2. The number of aliphatic hydroxyl groups excluding tert-OH is 1. The molecule has 2 saturated heterocycles. The quantitative estimate of drug-likeness (QED) is 0.176. The lowest BCUT2D eigenvalue weighted by Crippen LogP contribution is -2.46. The first-order valence-electron chi connectivity index (χ1n) is 16.0. The van der Waals surface area contributed by atoms with Gasteiger partial charge in [-0.1, -0.05) is 72.3 Å². The number of nitrogens with one attached hydrogen (secondary N) is 1. The minimum atomic E-state index is -0.876. The van der Waals surface area contributed by atoms with Gasteiger partial charge in [-0.05, 0) is 60.1 Å². The third-order valence-corrected chi connectivity index (χ3v) is 9.18. The molecule has 2 fully saturated rings. The van der Waals surface area contributed by atoms with Gasteiger partial charge in [0.25, 0.3) is 0 Å². The number of carbonyl (C=O) groups is 2. The molecule has 0 aromatic heterocycles. The number of piperidine rings is 1. The lowest BCUT2D eigenvalue weighted by atomic mass is 9.84. The highest BCUT2D eigenvalue weighted by Gasteiger charge is 2.37. The first-order valence-corrected chi connectivity index (χ1v) is 16.4. The fourth-order valence-electron chi connectivity index (χ4n) is 6.12. The van der Waals surface area contributed by atoms with E-state index >= 15 is 0 Å². The fraction of sp³-hybridized carbons (Fsp3) is 0.444. The standard InChI is InChI=1S/C36H43ClN2O7/c37-30-15-13-29(14-16-30)36(44)17-19-39(20-18-36)23-31-21-32(27-9-7-26(24-40)8-10-27)46-35(45-31)28-11-5-25(6-12-28)22-38-33(41)3-1-2-4-34(42)43/h5-16,31-32,35,40,44H,1-4,17-24H2,(H,38,41)(H,42,43). The van der Waals surface area contributed by atoms with Gasteiger partial charge in [0, 0.05) is 56.0 Å². The Kier molecular flexibility index (Phi) is 11.8. The first-order chi connectivity index (χ1) is 22.2. The molecule has 10 heteroatoms. The Bertz CT molecular complexity index is 1420. The Morgan fingerprint density at radius 2 is 1.50 bits per heavy atom. The molecule has 246 valence electrons. The van der Waals surface area contributed by atoms with Crippen molar-refractivity contribution in [2.24, 2.45) is 0 Å². The molecule has 9 nitrogen and oxygen atoms in total. The summed E-state index contributed by atoms with van der Waals surface area (Å²) in [5.74, 6) is -0.950. The van der Waals surface area contributed by atoms with Crippen molar-refractivity contribution in [3.8, 4) is 0 Å². The third-order valence-electron chi connectivity index (χ3n) is 8.93. The molecule has 0 saturated carbocycles. The highest BCUT2D eigenvalue weighted by molar-refractivity contribution is 6.30. The van der Waals surface area contributed by atoms with E-state index in [-0.39, 0.29) is 31.1 Å². The molecule has 2 heterocycles. The monoisotopic (exact) mass is 650 g/mol. The van der Waals surface area contributed by atoms with E-state index in [1.54, 1.807) is 0 Å². The van der Waals surface area contributed by atoms with Crippen LogP contribution in [0.25, 0.3) is 0 Å². The average molecular weight is 651 g/mol. The van der Waals surface area contributed by atoms with Crippen LogP contribution in [0.15, 0.2) is 72.8 Å². The van der Waals surface area contributed by atoms with Gasteiger partial charge in [-0.15, -0.1) is 0 Å². The molecule has 2 aliphatic heterocycles. The van der Waals surface area contributed by atoms with E-state index in [9.17, 15) is 19.8 Å². The Morgan fingerprint density at radius 1 is 0.870 bits per heavy atom. The number of hydrogen-bond donors (Lipinski definition) is 4. The summed E-state index contributed by atoms with van der Waals surface area (Å²) < 4.78 is 13.0. The topological polar surface area (TPSA) is 129 Å². The van der Waals surface area contributed by atoms with Gasteiger partial charge in [0.2, 0.25) is 5.91 Å². The van der Waals surface area contributed by atoms with Crippen molar-refractivity contribution in [3.05, 3.63) is 106 Å². The summed E-state index contributed by atoms with van der Waals surface area (Å²) in [6.07, 6.45) is 2.40. The lowest BCUT2D eigenvalue weighted by Gasteiger charge is -2.42. The van der Waals surface area contributed by atoms with Crippen LogP contribution in [0, 0.1) is 0 Å². The fourth-order valence-corrected chi connectivity index (χ4v) is 6.24. The number of carboxylic acids is 1. The Labute approximate surface area is 275 Å². The molecule has 3 aromatic rings. The van der Waals surface area contributed by atoms with Crippen LogP contribution in [0.3, 0.4) is 0 Å². The number of rotatable bonds is 13. The molecule has 1 amide bonds. The molecule has 3 aromatic carbocycles. The third kappa shape index (κ3) is 9.37. The first kappa shape index (κ1) is 34.0. The summed E-state index contributed by atoms with van der Waals surface area (Å²) in [5.41, 5.74) is 3.69. The largest absolute Gasteiger partial charge is 0.481 e. The van der Waals surface area contributed by atoms with Crippen molar-refractivity contribution in [2.75, 3.05) is 19.6 Å². The number of aliphatic hydroxyl groups is 2. The van der Waals surface area contributed by atoms with Gasteiger partial charge in [0.15, 0.2) is 6.29 Å². The van der Waals surface area contributed by atoms with Crippen molar-refractivity contribution in [1.82, 2.24) is 10.2 Å². The smallest absolute Gasteiger partial charge is 0.303 e. The van der Waals surface area contributed by atoms with E-state index < -0.39 is 17.9 Å². The molecule has 0 spiro atoms. The van der Waals surface area contributed by atoms with Gasteiger partial charge in [-0.2, -0.15) is 0 Å². The van der Waals surface area contributed by atoms with Gasteiger partial charge in [0.05, 0.1) is 24.4 Å². The molecule has 3 atom stereocenters. The second kappa shape index (κ2) is 16.0. The van der Waals surface area contributed by atoms with Crippen LogP contribution in [0.2, 0.25) is 5.02 Å². The summed E-state index contributed by atoms with van der Waals surface area (Å²) in [5, 5.41) is 33.2. The zero-order chi connectivity index (χ0) is 32.5. The Balaban J connectivity index is 1.21. The zero-order valence-corrected chi connectivity index (χ0v) is 26.7. The molecule has 0 bridgehead atoms. The second-order valence-electron chi connectivity index (χ2n) is 12.3. The molecule has 2 aliphatic rings. The summed E-state index contributed by atoms with van der Waals surface area (Å²) in [6, 6.07) is 23.1. The highest BCUT2D eigenvalue weighted by atomic mass is 35.5. The molecule has 5 rings (SSSR count). The van der Waals surface area contributed by atoms with Crippen molar-refractivity contribution in [3.63, 3.8) is 0 Å². The van der Waals surface area contributed by atoms with E-state index in [0.29, 0.717) is 56.6 Å². The van der Waals surface area contributed by atoms with Gasteiger partial charge in [0.1, 0.15) is 0 Å². The summed E-state index contributed by atoms with van der Waals surface area (Å²) in [6.45, 7) is 2.54. The number of ether oxygens (including phenoxy) is 2. The van der Waals surface area contributed by atoms with Crippen LogP contribution in [-0.2, 0) is 37.8 Å². The van der Waals surface area contributed by atoms with Gasteiger partial charge in [-0.25, -0.2) is 0 Å². The van der Waals surface area contributed by atoms with Gasteiger partial charge in [-0.3, -0.25) is 9.59 Å². The average Bonchev–Trinajstić information content (AvgIpc) is 3.07. The maximum Gasteiger partial charge on any atom is 0.303 e. The van der Waals surface area contributed by atoms with Gasteiger partial charge < -0.3 is 35.0 Å². The van der Waals surface area contributed by atoms with E-state index in [4.69, 9.17) is 26.2 Å². The maximum absolute atomic E-state index is 12.2. The number of unbranched alkanes of at least 4 members (excludes halogenated alkanes) is 1. The molecular weight excluding hydrogens is 608 g/mol. The predicted octanol–water partition coefficient (Wildman–Crippen LogP) is 5.62. The van der Waals surface area contributed by atoms with Crippen molar-refractivity contribution in [1.29, 1.82) is 0 Å². The molecular formula is C36H43ClN2O7. The van der Waals surface area contributed by atoms with Crippen LogP contribution in [-0.4, -0.2) is 57.8 Å². The molecule has 46 heavy (non-hydrogen) atoms. The van der Waals surface area contributed by atoms with E-state index in [2.05, 4.69) is 10.2 Å². The van der Waals surface area contributed by atoms with Crippen LogP contribution in [0.4, 0.5) is 0 Å². The second-order valence-corrected chi connectivity index (χ2v) is 12.7. The SMILES string of the molecule is O=C(O)CCCCC(=O)NCc1ccc(C2OC(CN3CCC(O)(c4ccc(Cl)cc4)CC3)CC(c3ccc(CO)cc3)O2)cc1. The minimum Gasteiger partial charge on any atom is -0.481 e. The summed E-state index contributed by atoms with van der Waals surface area (Å²) >= 11 is 6.06. The summed E-state index contributed by atoms with van der Waals surface area (Å²) in [7, 11) is 0. The van der Waals surface area contributed by atoms with E-state index in [0.717, 1.165) is 40.9 Å².